The summed E-state index contributed by atoms with van der Waals surface area (Å²) >= 11 is 6.70. The number of likely N-dealkylation sites (N-methyl/N-ethyl adjacent to an activating group) is 1. The van der Waals surface area contributed by atoms with Crippen molar-refractivity contribution in [2.24, 2.45) is 7.05 Å². The molecule has 6 rings (SSSR count). The molecule has 1 amide bonds. The molecule has 0 saturated carbocycles. The number of ether oxygens (including phenoxy) is 1. The molecule has 39 heavy (non-hydrogen) atoms. The number of carbonyl (C=O) groups is 1. The maximum Gasteiger partial charge on any atom is 0.320 e. The van der Waals surface area contributed by atoms with Crippen LogP contribution in [0.25, 0.3) is 33.1 Å². The number of hydrogen-bond donors (Lipinski definition) is 0. The monoisotopic (exact) mass is 544 g/mol. The highest BCUT2D eigenvalue weighted by molar-refractivity contribution is 6.36. The van der Waals surface area contributed by atoms with E-state index in [1.54, 1.807) is 0 Å². The largest absolute Gasteiger partial charge is 0.462 e. The number of aromatic nitrogens is 3. The van der Waals surface area contributed by atoms with E-state index in [0.29, 0.717) is 49.9 Å². The van der Waals surface area contributed by atoms with Gasteiger partial charge in [0.05, 0.1) is 11.1 Å². The molecule has 202 valence electrons. The van der Waals surface area contributed by atoms with Crippen molar-refractivity contribution in [2.75, 3.05) is 51.3 Å². The molecule has 9 heteroatoms. The number of benzene rings is 2. The van der Waals surface area contributed by atoms with Gasteiger partial charge in [-0.2, -0.15) is 9.97 Å². The van der Waals surface area contributed by atoms with Crippen molar-refractivity contribution in [1.29, 1.82) is 0 Å². The third-order valence-corrected chi connectivity index (χ3v) is 8.43. The van der Waals surface area contributed by atoms with Crippen molar-refractivity contribution >= 4 is 45.1 Å². The SMILES string of the molecule is C=CC(=O)N1CCN(c2nc(OC[C@@H]3CCCN3C)nc3c2cc(-c2cccc4cccc(Cl)c24)n3C)CC1. The molecular weight excluding hydrogens is 512 g/mol. The Balaban J connectivity index is 1.43. The number of hydrogen-bond acceptors (Lipinski definition) is 6. The van der Waals surface area contributed by atoms with E-state index >= 15 is 0 Å². The van der Waals surface area contributed by atoms with E-state index in [1.165, 1.54) is 12.5 Å². The Morgan fingerprint density at radius 2 is 1.87 bits per heavy atom. The number of nitrogens with zero attached hydrogens (tertiary/aromatic N) is 6. The van der Waals surface area contributed by atoms with Gasteiger partial charge in [0, 0.05) is 55.2 Å². The molecule has 0 N–H and O–H groups in total. The zero-order valence-electron chi connectivity index (χ0n) is 22.4. The highest BCUT2D eigenvalue weighted by atomic mass is 35.5. The van der Waals surface area contributed by atoms with Crippen molar-refractivity contribution in [3.8, 4) is 17.3 Å². The predicted octanol–water partition coefficient (Wildman–Crippen LogP) is 4.75. The highest BCUT2D eigenvalue weighted by Crippen LogP contribution is 2.38. The van der Waals surface area contributed by atoms with E-state index in [-0.39, 0.29) is 5.91 Å². The first-order valence-corrected chi connectivity index (χ1v) is 13.9. The Morgan fingerprint density at radius 3 is 2.59 bits per heavy atom. The van der Waals surface area contributed by atoms with Gasteiger partial charge in [0.1, 0.15) is 18.1 Å². The van der Waals surface area contributed by atoms with Crippen LogP contribution in [0, 0.1) is 0 Å². The number of fused-ring (bicyclic) bond motifs is 2. The van der Waals surface area contributed by atoms with Crippen molar-refractivity contribution in [3.05, 3.63) is 60.1 Å². The van der Waals surface area contributed by atoms with Crippen molar-refractivity contribution in [3.63, 3.8) is 0 Å². The first kappa shape index (κ1) is 25.6. The fourth-order valence-electron chi connectivity index (χ4n) is 5.86. The summed E-state index contributed by atoms with van der Waals surface area (Å²) in [6, 6.07) is 15.1. The number of piperazine rings is 1. The molecular formula is C30H33ClN6O2. The predicted molar refractivity (Wildman–Crippen MR) is 157 cm³/mol. The summed E-state index contributed by atoms with van der Waals surface area (Å²) in [5.74, 6) is 0.788. The normalized spacial score (nSPS) is 18.3. The van der Waals surface area contributed by atoms with Crippen LogP contribution in [0.5, 0.6) is 6.01 Å². The third-order valence-electron chi connectivity index (χ3n) is 8.12. The van der Waals surface area contributed by atoms with Crippen LogP contribution in [0.1, 0.15) is 12.8 Å². The Kier molecular flexibility index (Phi) is 6.91. The average molecular weight is 545 g/mol. The highest BCUT2D eigenvalue weighted by Gasteiger charge is 2.27. The second kappa shape index (κ2) is 10.5. The molecule has 8 nitrogen and oxygen atoms in total. The zero-order chi connectivity index (χ0) is 27.1. The first-order chi connectivity index (χ1) is 18.9. The van der Waals surface area contributed by atoms with E-state index in [1.807, 2.05) is 24.1 Å². The Labute approximate surface area is 233 Å². The molecule has 2 aromatic heterocycles. The van der Waals surface area contributed by atoms with Crippen LogP contribution >= 0.6 is 11.6 Å². The topological polar surface area (TPSA) is 66.7 Å². The number of halogens is 1. The minimum atomic E-state index is -0.0398. The molecule has 2 aliphatic rings. The van der Waals surface area contributed by atoms with E-state index in [0.717, 1.165) is 51.8 Å². The van der Waals surface area contributed by atoms with Gasteiger partial charge < -0.3 is 24.0 Å². The van der Waals surface area contributed by atoms with Gasteiger partial charge in [-0.1, -0.05) is 48.5 Å². The molecule has 0 aliphatic carbocycles. The lowest BCUT2D eigenvalue weighted by Gasteiger charge is -2.35. The van der Waals surface area contributed by atoms with Crippen LogP contribution in [0.3, 0.4) is 0 Å². The summed E-state index contributed by atoms with van der Waals surface area (Å²) < 4.78 is 8.34. The minimum absolute atomic E-state index is 0.0398. The minimum Gasteiger partial charge on any atom is -0.462 e. The molecule has 4 heterocycles. The molecule has 0 radical (unpaired) electrons. The molecule has 1 atom stereocenters. The molecule has 0 spiro atoms. The first-order valence-electron chi connectivity index (χ1n) is 13.5. The number of rotatable bonds is 6. The molecule has 2 fully saturated rings. The van der Waals surface area contributed by atoms with Crippen molar-refractivity contribution in [1.82, 2.24) is 24.3 Å². The second-order valence-electron chi connectivity index (χ2n) is 10.4. The van der Waals surface area contributed by atoms with Crippen LogP contribution in [-0.4, -0.2) is 82.7 Å². The van der Waals surface area contributed by atoms with Crippen LogP contribution in [-0.2, 0) is 11.8 Å². The summed E-state index contributed by atoms with van der Waals surface area (Å²) in [4.78, 5) is 28.4. The Hall–Kier alpha value is -3.62. The van der Waals surface area contributed by atoms with Crippen LogP contribution < -0.4 is 9.64 Å². The van der Waals surface area contributed by atoms with E-state index in [2.05, 4.69) is 58.3 Å². The average Bonchev–Trinajstić information content (AvgIpc) is 3.53. The van der Waals surface area contributed by atoms with Gasteiger partial charge in [-0.15, -0.1) is 0 Å². The number of carbonyl (C=O) groups excluding carboxylic acids is 1. The number of aryl methyl sites for hydroxylation is 1. The number of amides is 1. The van der Waals surface area contributed by atoms with Crippen molar-refractivity contribution < 1.29 is 9.53 Å². The van der Waals surface area contributed by atoms with Gasteiger partial charge in [0.25, 0.3) is 0 Å². The third kappa shape index (κ3) is 4.72. The van der Waals surface area contributed by atoms with Gasteiger partial charge in [-0.3, -0.25) is 4.79 Å². The van der Waals surface area contributed by atoms with Crippen LogP contribution in [0.4, 0.5) is 5.82 Å². The van der Waals surface area contributed by atoms with Gasteiger partial charge in [0.15, 0.2) is 0 Å². The number of likely N-dealkylation sites (tertiary alicyclic amines) is 1. The summed E-state index contributed by atoms with van der Waals surface area (Å²) in [7, 11) is 4.17. The smallest absolute Gasteiger partial charge is 0.320 e. The van der Waals surface area contributed by atoms with E-state index in [4.69, 9.17) is 26.3 Å². The Bertz CT molecular complexity index is 1550. The van der Waals surface area contributed by atoms with Gasteiger partial charge >= 0.3 is 6.01 Å². The van der Waals surface area contributed by atoms with Gasteiger partial charge in [-0.05, 0) is 50.0 Å². The summed E-state index contributed by atoms with van der Waals surface area (Å²) in [6.07, 6.45) is 3.67. The maximum absolute atomic E-state index is 12.2. The molecule has 2 aromatic carbocycles. The molecule has 4 aromatic rings. The molecule has 0 bridgehead atoms. The fraction of sp³-hybridized carbons (Fsp3) is 0.367. The van der Waals surface area contributed by atoms with E-state index < -0.39 is 0 Å². The summed E-state index contributed by atoms with van der Waals surface area (Å²) in [5.41, 5.74) is 2.85. The lowest BCUT2D eigenvalue weighted by molar-refractivity contribution is -0.126. The van der Waals surface area contributed by atoms with E-state index in [9.17, 15) is 4.79 Å². The van der Waals surface area contributed by atoms with Gasteiger partial charge in [-0.25, -0.2) is 0 Å². The summed E-state index contributed by atoms with van der Waals surface area (Å²) in [5, 5.41) is 3.77. The Morgan fingerprint density at radius 1 is 1.10 bits per heavy atom. The molecule has 2 saturated heterocycles. The van der Waals surface area contributed by atoms with Crippen LogP contribution in [0.2, 0.25) is 5.02 Å². The summed E-state index contributed by atoms with van der Waals surface area (Å²) in [6.45, 7) is 7.83. The number of anilines is 1. The van der Waals surface area contributed by atoms with Crippen LogP contribution in [0.15, 0.2) is 55.1 Å². The maximum atomic E-state index is 12.2. The zero-order valence-corrected chi connectivity index (χ0v) is 23.2. The van der Waals surface area contributed by atoms with Crippen molar-refractivity contribution in [2.45, 2.75) is 18.9 Å². The quantitative estimate of drug-likeness (QED) is 0.326. The second-order valence-corrected chi connectivity index (χ2v) is 10.8. The molecule has 2 aliphatic heterocycles. The van der Waals surface area contributed by atoms with Gasteiger partial charge in [0.2, 0.25) is 5.91 Å². The lowest BCUT2D eigenvalue weighted by atomic mass is 10.0. The fourth-order valence-corrected chi connectivity index (χ4v) is 6.14. The standard InChI is InChI=1S/C30H33ClN6O2/c1-4-26(38)36-14-16-37(17-15-36)29-23-18-25(22-11-5-8-20-9-6-12-24(31)27(20)22)35(3)28(23)32-30(33-29)39-19-21-10-7-13-34(21)2/h4-6,8-9,11-12,18,21H,1,7,10,13-17,19H2,2-3H3/t21-/m0/s1. The molecule has 0 unspecified atom stereocenters. The lowest BCUT2D eigenvalue weighted by Crippen LogP contribution is -2.48.